The van der Waals surface area contributed by atoms with Crippen molar-refractivity contribution in [2.24, 2.45) is 4.99 Å². The van der Waals surface area contributed by atoms with Gasteiger partial charge in [0.25, 0.3) is 11.6 Å². The second-order valence-electron chi connectivity index (χ2n) is 6.65. The second kappa shape index (κ2) is 8.49. The molecule has 8 nitrogen and oxygen atoms in total. The van der Waals surface area contributed by atoms with Crippen LogP contribution in [0.4, 0.5) is 11.4 Å². The largest absolute Gasteiger partial charge is 0.497 e. The molecule has 2 aromatic carbocycles. The molecule has 0 atom stereocenters. The summed E-state index contributed by atoms with van der Waals surface area (Å²) in [5.74, 6) is 0.569. The van der Waals surface area contributed by atoms with Crippen molar-refractivity contribution in [2.45, 2.75) is 0 Å². The summed E-state index contributed by atoms with van der Waals surface area (Å²) in [7, 11) is 3.28. The van der Waals surface area contributed by atoms with Crippen molar-refractivity contribution in [1.29, 1.82) is 0 Å². The van der Waals surface area contributed by atoms with Crippen LogP contribution in [0, 0.1) is 10.1 Å². The third-order valence-corrected chi connectivity index (χ3v) is 5.74. The van der Waals surface area contributed by atoms with Crippen molar-refractivity contribution in [2.75, 3.05) is 14.2 Å². The lowest BCUT2D eigenvalue weighted by Gasteiger charge is -2.07. The smallest absolute Gasteiger partial charge is 0.271 e. The van der Waals surface area contributed by atoms with Crippen LogP contribution in [0.25, 0.3) is 11.8 Å². The fourth-order valence-electron chi connectivity index (χ4n) is 3.06. The predicted molar refractivity (Wildman–Crippen MR) is 121 cm³/mol. The summed E-state index contributed by atoms with van der Waals surface area (Å²) >= 11 is 1.28. The van der Waals surface area contributed by atoms with Gasteiger partial charge in [0.15, 0.2) is 5.17 Å². The number of rotatable bonds is 5. The SMILES string of the molecule is COc1ccc(N=C2S/C(=C/c3cccn3-c3cccc([N+](=O)[O-])c3)C(=O)N2C)cc1. The molecular formula is C22H18N4O4S. The van der Waals surface area contributed by atoms with Crippen LogP contribution in [0.5, 0.6) is 5.75 Å². The van der Waals surface area contributed by atoms with E-state index in [4.69, 9.17) is 4.74 Å². The van der Waals surface area contributed by atoms with Crippen molar-refractivity contribution in [3.05, 3.63) is 87.6 Å². The number of likely N-dealkylation sites (N-methyl/N-ethyl adjacent to an activating group) is 1. The molecule has 1 aromatic heterocycles. The van der Waals surface area contributed by atoms with Gasteiger partial charge in [-0.25, -0.2) is 4.99 Å². The third-order valence-electron chi connectivity index (χ3n) is 4.68. The minimum Gasteiger partial charge on any atom is -0.497 e. The average Bonchev–Trinajstić information content (AvgIpc) is 3.35. The number of methoxy groups -OCH3 is 1. The number of amides is 1. The van der Waals surface area contributed by atoms with Crippen molar-refractivity contribution >= 4 is 40.3 Å². The van der Waals surface area contributed by atoms with Crippen molar-refractivity contribution in [3.63, 3.8) is 0 Å². The number of ether oxygens (including phenoxy) is 1. The van der Waals surface area contributed by atoms with Crippen LogP contribution in [0.2, 0.25) is 0 Å². The van der Waals surface area contributed by atoms with Crippen LogP contribution < -0.4 is 4.74 Å². The fourth-order valence-corrected chi connectivity index (χ4v) is 4.03. The van der Waals surface area contributed by atoms with Crippen molar-refractivity contribution in [3.8, 4) is 11.4 Å². The number of aromatic nitrogens is 1. The molecule has 9 heteroatoms. The zero-order valence-electron chi connectivity index (χ0n) is 16.8. The molecule has 1 fully saturated rings. The number of aliphatic imine (C=N–C) groups is 1. The normalized spacial score (nSPS) is 16.3. The highest BCUT2D eigenvalue weighted by molar-refractivity contribution is 8.18. The number of benzene rings is 2. The minimum absolute atomic E-state index is 0.00441. The van der Waals surface area contributed by atoms with E-state index in [0.717, 1.165) is 11.4 Å². The predicted octanol–water partition coefficient (Wildman–Crippen LogP) is 4.63. The summed E-state index contributed by atoms with van der Waals surface area (Å²) in [6.45, 7) is 0. The molecule has 0 N–H and O–H groups in total. The molecule has 0 radical (unpaired) electrons. The van der Waals surface area contributed by atoms with Gasteiger partial charge in [-0.05, 0) is 60.3 Å². The molecule has 1 aliphatic heterocycles. The number of nitrogens with zero attached hydrogens (tertiary/aromatic N) is 4. The van der Waals surface area contributed by atoms with Gasteiger partial charge in [0.1, 0.15) is 5.75 Å². The Labute approximate surface area is 182 Å². The highest BCUT2D eigenvalue weighted by Gasteiger charge is 2.30. The van der Waals surface area contributed by atoms with E-state index < -0.39 is 4.92 Å². The van der Waals surface area contributed by atoms with Gasteiger partial charge in [-0.1, -0.05) is 6.07 Å². The van der Waals surface area contributed by atoms with E-state index in [-0.39, 0.29) is 11.6 Å². The van der Waals surface area contributed by atoms with E-state index in [2.05, 4.69) is 4.99 Å². The van der Waals surface area contributed by atoms with Gasteiger partial charge in [-0.3, -0.25) is 19.8 Å². The summed E-state index contributed by atoms with van der Waals surface area (Å²) in [5.41, 5.74) is 2.09. The van der Waals surface area contributed by atoms with E-state index >= 15 is 0 Å². The molecule has 1 saturated heterocycles. The average molecular weight is 434 g/mol. The highest BCUT2D eigenvalue weighted by atomic mass is 32.2. The number of nitro groups is 1. The number of thioether (sulfide) groups is 1. The van der Waals surface area contributed by atoms with Crippen LogP contribution in [0.3, 0.4) is 0 Å². The lowest BCUT2D eigenvalue weighted by molar-refractivity contribution is -0.384. The Morgan fingerprint density at radius 3 is 2.61 bits per heavy atom. The van der Waals surface area contributed by atoms with Gasteiger partial charge in [-0.2, -0.15) is 0 Å². The summed E-state index contributed by atoms with van der Waals surface area (Å²) < 4.78 is 6.95. The Hall–Kier alpha value is -3.85. The van der Waals surface area contributed by atoms with Gasteiger partial charge in [0.2, 0.25) is 0 Å². The maximum Gasteiger partial charge on any atom is 0.271 e. The molecule has 2 heterocycles. The van der Waals surface area contributed by atoms with Gasteiger partial charge < -0.3 is 9.30 Å². The summed E-state index contributed by atoms with van der Waals surface area (Å²) in [4.78, 5) is 30.0. The number of amidine groups is 1. The molecule has 0 unspecified atom stereocenters. The van der Waals surface area contributed by atoms with Crippen LogP contribution in [0.15, 0.2) is 76.8 Å². The van der Waals surface area contributed by atoms with Gasteiger partial charge in [0, 0.05) is 31.1 Å². The molecule has 4 rings (SSSR count). The van der Waals surface area contributed by atoms with Gasteiger partial charge in [-0.15, -0.1) is 0 Å². The molecule has 1 amide bonds. The number of hydrogen-bond donors (Lipinski definition) is 0. The summed E-state index contributed by atoms with van der Waals surface area (Å²) in [6, 6.07) is 17.3. The number of carbonyl (C=O) groups excluding carboxylic acids is 1. The van der Waals surface area contributed by atoms with E-state index in [1.165, 1.54) is 28.8 Å². The molecule has 0 aliphatic carbocycles. The lowest BCUT2D eigenvalue weighted by Crippen LogP contribution is -2.23. The van der Waals surface area contributed by atoms with E-state index in [1.807, 2.05) is 36.4 Å². The molecule has 1 aliphatic rings. The Morgan fingerprint density at radius 1 is 1.13 bits per heavy atom. The number of non-ortho nitro benzene ring substituents is 1. The molecule has 0 bridgehead atoms. The molecule has 0 spiro atoms. The first-order chi connectivity index (χ1) is 15.0. The topological polar surface area (TPSA) is 90.0 Å². The highest BCUT2D eigenvalue weighted by Crippen LogP contribution is 2.34. The molecule has 156 valence electrons. The Kier molecular flexibility index (Phi) is 5.59. The Balaban J connectivity index is 1.64. The maximum atomic E-state index is 12.8. The Morgan fingerprint density at radius 2 is 1.90 bits per heavy atom. The zero-order valence-corrected chi connectivity index (χ0v) is 17.6. The third kappa shape index (κ3) is 4.22. The standard InChI is InChI=1S/C22H18N4O4S/c1-24-21(27)20(31-22(24)23-15-8-10-19(30-2)11-9-15)14-17-7-4-12-25(17)16-5-3-6-18(13-16)26(28)29/h3-14H,1-2H3/b20-14+,23-22?. The Bertz CT molecular complexity index is 1210. The van der Waals surface area contributed by atoms with Gasteiger partial charge in [0.05, 0.1) is 28.3 Å². The first-order valence-corrected chi connectivity index (χ1v) is 10.1. The van der Waals surface area contributed by atoms with E-state index in [0.29, 0.717) is 21.4 Å². The molecule has 31 heavy (non-hydrogen) atoms. The summed E-state index contributed by atoms with van der Waals surface area (Å²) in [6.07, 6.45) is 3.56. The summed E-state index contributed by atoms with van der Waals surface area (Å²) in [5, 5.41) is 11.7. The first-order valence-electron chi connectivity index (χ1n) is 9.29. The number of carbonyl (C=O) groups is 1. The zero-order chi connectivity index (χ0) is 22.0. The van der Waals surface area contributed by atoms with E-state index in [9.17, 15) is 14.9 Å². The van der Waals surface area contributed by atoms with Crippen molar-refractivity contribution < 1.29 is 14.5 Å². The number of hydrogen-bond acceptors (Lipinski definition) is 6. The van der Waals surface area contributed by atoms with Crippen LogP contribution >= 0.6 is 11.8 Å². The lowest BCUT2D eigenvalue weighted by atomic mass is 10.2. The maximum absolute atomic E-state index is 12.8. The van der Waals surface area contributed by atoms with Crippen LogP contribution in [-0.4, -0.2) is 39.6 Å². The quantitative estimate of drug-likeness (QED) is 0.332. The van der Waals surface area contributed by atoms with Gasteiger partial charge >= 0.3 is 0 Å². The van der Waals surface area contributed by atoms with Crippen LogP contribution in [0.1, 0.15) is 5.69 Å². The monoisotopic (exact) mass is 434 g/mol. The van der Waals surface area contributed by atoms with E-state index in [1.54, 1.807) is 43.1 Å². The first kappa shape index (κ1) is 20.4. The minimum atomic E-state index is -0.432. The molecule has 3 aromatic rings. The second-order valence-corrected chi connectivity index (χ2v) is 7.66. The fraction of sp³-hybridized carbons (Fsp3) is 0.0909. The number of nitro benzene ring substituents is 1. The molecule has 0 saturated carbocycles. The van der Waals surface area contributed by atoms with Crippen LogP contribution in [-0.2, 0) is 4.79 Å². The van der Waals surface area contributed by atoms with Crippen molar-refractivity contribution in [1.82, 2.24) is 9.47 Å². The molecular weight excluding hydrogens is 416 g/mol.